The Morgan fingerprint density at radius 1 is 1.18 bits per heavy atom. The second-order valence-electron chi connectivity index (χ2n) is 3.97. The summed E-state index contributed by atoms with van der Waals surface area (Å²) in [6.45, 7) is 0. The van der Waals surface area contributed by atoms with E-state index in [1.165, 1.54) is 0 Å². The van der Waals surface area contributed by atoms with Gasteiger partial charge in [0, 0.05) is 6.42 Å². The summed E-state index contributed by atoms with van der Waals surface area (Å²) in [7, 11) is -2.05. The third-order valence-electron chi connectivity index (χ3n) is 2.80. The maximum atomic E-state index is 14.7. The number of hydrogen-bond acceptors (Lipinski definition) is 2. The van der Waals surface area contributed by atoms with Crippen LogP contribution in [0, 0.1) is 0 Å². The highest BCUT2D eigenvalue weighted by Crippen LogP contribution is 2.41. The monoisotopic (exact) mass is 296 g/mol. The number of hydrogen-bond donors (Lipinski definition) is 2. The lowest BCUT2D eigenvalue weighted by Crippen LogP contribution is -2.44. The molecule has 17 heavy (non-hydrogen) atoms. The first-order chi connectivity index (χ1) is 8.04. The molecule has 0 bridgehead atoms. The summed E-state index contributed by atoms with van der Waals surface area (Å²) < 4.78 is 15.3. The number of rotatable bonds is 2. The molecule has 0 heterocycles. The molecule has 0 fully saturated rings. The minimum Gasteiger partial charge on any atom is -0.425 e. The fourth-order valence-corrected chi connectivity index (χ4v) is 2.44. The van der Waals surface area contributed by atoms with Gasteiger partial charge in [-0.1, -0.05) is 58.4 Å². The Kier molecular flexibility index (Phi) is 3.52. The zero-order valence-electron chi connectivity index (χ0n) is 8.98. The molecule has 1 aliphatic carbocycles. The Morgan fingerprint density at radius 2 is 1.82 bits per heavy atom. The maximum Gasteiger partial charge on any atom is 0.496 e. The van der Waals surface area contributed by atoms with Crippen LogP contribution in [0.3, 0.4) is 0 Å². The first-order valence-corrected chi connectivity index (χ1v) is 6.00. The molecule has 0 aromatic heterocycles. The second-order valence-corrected chi connectivity index (χ2v) is 4.99. The number of allylic oxidation sites excluding steroid dienone is 4. The highest BCUT2D eigenvalue weighted by molar-refractivity contribution is 9.11. The van der Waals surface area contributed by atoms with Gasteiger partial charge in [-0.2, -0.15) is 0 Å². The Morgan fingerprint density at radius 3 is 2.41 bits per heavy atom. The molecule has 0 saturated carbocycles. The van der Waals surface area contributed by atoms with Crippen LogP contribution in [0.5, 0.6) is 0 Å². The minimum absolute atomic E-state index is 0.0780. The van der Waals surface area contributed by atoms with Crippen molar-refractivity contribution in [3.8, 4) is 0 Å². The minimum atomic E-state index is -2.17. The van der Waals surface area contributed by atoms with Gasteiger partial charge in [-0.05, 0) is 15.6 Å². The lowest BCUT2D eigenvalue weighted by atomic mass is 9.61. The average Bonchev–Trinajstić information content (AvgIpc) is 2.30. The number of alkyl halides is 1. The maximum absolute atomic E-state index is 14.7. The van der Waals surface area contributed by atoms with E-state index in [-0.39, 0.29) is 12.0 Å². The lowest BCUT2D eigenvalue weighted by Gasteiger charge is -2.30. The van der Waals surface area contributed by atoms with Crippen LogP contribution in [0.4, 0.5) is 4.39 Å². The van der Waals surface area contributed by atoms with Crippen LogP contribution in [0.1, 0.15) is 12.0 Å². The molecule has 2 rings (SSSR count). The third-order valence-corrected chi connectivity index (χ3v) is 3.34. The van der Waals surface area contributed by atoms with E-state index in [9.17, 15) is 14.4 Å². The Labute approximate surface area is 108 Å². The number of benzene rings is 1. The summed E-state index contributed by atoms with van der Waals surface area (Å²) in [5.41, 5.74) is -1.23. The molecule has 88 valence electrons. The standard InChI is InChI=1S/C12H11BBrFO2/c14-10-6-7-11(9-4-2-1-3-5-9)12(15,8-10)13(16)17/h1-7,16-17H,8H2. The van der Waals surface area contributed by atoms with Crippen LogP contribution in [-0.2, 0) is 0 Å². The number of halogens is 2. The van der Waals surface area contributed by atoms with Crippen molar-refractivity contribution < 1.29 is 14.4 Å². The first-order valence-electron chi connectivity index (χ1n) is 5.21. The van der Waals surface area contributed by atoms with E-state index in [1.54, 1.807) is 36.4 Å². The van der Waals surface area contributed by atoms with Gasteiger partial charge >= 0.3 is 7.12 Å². The first kappa shape index (κ1) is 12.5. The van der Waals surface area contributed by atoms with Crippen molar-refractivity contribution in [2.24, 2.45) is 0 Å². The molecule has 1 unspecified atom stereocenters. The second kappa shape index (κ2) is 4.76. The summed E-state index contributed by atoms with van der Waals surface area (Å²) in [5, 5.41) is 18.6. The van der Waals surface area contributed by atoms with Crippen molar-refractivity contribution in [3.63, 3.8) is 0 Å². The molecule has 2 nitrogen and oxygen atoms in total. The summed E-state index contributed by atoms with van der Waals surface area (Å²) in [5.74, 6) is 0. The van der Waals surface area contributed by atoms with Gasteiger partial charge in [-0.3, -0.25) is 0 Å². The van der Waals surface area contributed by atoms with E-state index in [2.05, 4.69) is 15.9 Å². The molecule has 0 radical (unpaired) electrons. The summed E-state index contributed by atoms with van der Waals surface area (Å²) in [6.07, 6.45) is 3.22. The van der Waals surface area contributed by atoms with E-state index in [0.717, 1.165) is 0 Å². The van der Waals surface area contributed by atoms with Gasteiger partial charge in [0.15, 0.2) is 5.57 Å². The molecule has 0 saturated heterocycles. The summed E-state index contributed by atoms with van der Waals surface area (Å²) in [4.78, 5) is 0. The van der Waals surface area contributed by atoms with Crippen LogP contribution < -0.4 is 0 Å². The fourth-order valence-electron chi connectivity index (χ4n) is 1.90. The zero-order valence-corrected chi connectivity index (χ0v) is 10.6. The average molecular weight is 297 g/mol. The van der Waals surface area contributed by atoms with E-state index in [0.29, 0.717) is 10.0 Å². The molecule has 1 aromatic carbocycles. The lowest BCUT2D eigenvalue weighted by molar-refractivity contribution is 0.253. The molecule has 1 atom stereocenters. The predicted molar refractivity (Wildman–Crippen MR) is 70.1 cm³/mol. The van der Waals surface area contributed by atoms with Gasteiger partial charge in [0.1, 0.15) is 0 Å². The van der Waals surface area contributed by atoms with E-state index in [1.807, 2.05) is 6.07 Å². The largest absolute Gasteiger partial charge is 0.496 e. The van der Waals surface area contributed by atoms with E-state index < -0.39 is 12.7 Å². The Bertz CT molecular complexity index is 473. The molecular formula is C12H11BBrFO2. The van der Waals surface area contributed by atoms with Gasteiger partial charge in [0.25, 0.3) is 0 Å². The molecule has 0 aliphatic heterocycles. The highest BCUT2D eigenvalue weighted by atomic mass is 79.9. The van der Waals surface area contributed by atoms with Gasteiger partial charge in [-0.15, -0.1) is 0 Å². The highest BCUT2D eigenvalue weighted by Gasteiger charge is 2.48. The van der Waals surface area contributed by atoms with Crippen molar-refractivity contribution in [1.29, 1.82) is 0 Å². The molecule has 1 aromatic rings. The van der Waals surface area contributed by atoms with Gasteiger partial charge in [-0.25, -0.2) is 4.39 Å². The van der Waals surface area contributed by atoms with Gasteiger partial charge < -0.3 is 10.0 Å². The topological polar surface area (TPSA) is 40.5 Å². The van der Waals surface area contributed by atoms with Crippen LogP contribution in [0.2, 0.25) is 0 Å². The molecule has 0 amide bonds. The van der Waals surface area contributed by atoms with Crippen LogP contribution in [0.15, 0.2) is 47.0 Å². The summed E-state index contributed by atoms with van der Waals surface area (Å²) in [6, 6.07) is 8.89. The van der Waals surface area contributed by atoms with Crippen molar-refractivity contribution in [2.75, 3.05) is 0 Å². The molecule has 0 spiro atoms. The SMILES string of the molecule is OB(O)C1(F)CC(Br)=CC=C1c1ccccc1. The molecule has 5 heteroatoms. The van der Waals surface area contributed by atoms with Crippen molar-refractivity contribution >= 4 is 28.6 Å². The van der Waals surface area contributed by atoms with Crippen molar-refractivity contribution in [2.45, 2.75) is 12.0 Å². The summed E-state index contributed by atoms with van der Waals surface area (Å²) >= 11 is 3.19. The Hall–Kier alpha value is -0.905. The van der Waals surface area contributed by atoms with Gasteiger partial charge in [0.05, 0.1) is 0 Å². The van der Waals surface area contributed by atoms with Crippen LogP contribution >= 0.6 is 15.9 Å². The fraction of sp³-hybridized carbons (Fsp3) is 0.167. The van der Waals surface area contributed by atoms with Crippen molar-refractivity contribution in [3.05, 3.63) is 52.5 Å². The van der Waals surface area contributed by atoms with E-state index in [4.69, 9.17) is 0 Å². The predicted octanol–water partition coefficient (Wildman–Crippen LogP) is 2.47. The van der Waals surface area contributed by atoms with Crippen LogP contribution in [0.25, 0.3) is 5.57 Å². The smallest absolute Gasteiger partial charge is 0.425 e. The molecular weight excluding hydrogens is 286 g/mol. The molecule has 2 N–H and O–H groups in total. The molecule has 1 aliphatic rings. The quantitative estimate of drug-likeness (QED) is 0.823. The van der Waals surface area contributed by atoms with Gasteiger partial charge in [0.2, 0.25) is 0 Å². The van der Waals surface area contributed by atoms with Crippen molar-refractivity contribution in [1.82, 2.24) is 0 Å². The third kappa shape index (κ3) is 2.36. The zero-order chi connectivity index (χ0) is 12.5. The van der Waals surface area contributed by atoms with E-state index >= 15 is 0 Å². The Balaban J connectivity index is 2.49. The van der Waals surface area contributed by atoms with Crippen LogP contribution in [-0.4, -0.2) is 22.7 Å². The normalized spacial score (nSPS) is 24.0.